The number of alkyl halides is 1. The molecule has 0 saturated carbocycles. The summed E-state index contributed by atoms with van der Waals surface area (Å²) < 4.78 is 29.3. The van der Waals surface area contributed by atoms with Gasteiger partial charge in [0, 0.05) is 32.7 Å². The highest BCUT2D eigenvalue weighted by atomic mass is 35.5. The average Bonchev–Trinajstić information content (AvgIpc) is 2.15. The molecular formula is C8H18ClNO3S. The van der Waals surface area contributed by atoms with Crippen LogP contribution in [-0.2, 0) is 14.8 Å². The molecule has 1 unspecified atom stereocenters. The summed E-state index contributed by atoms with van der Waals surface area (Å²) in [5, 5.41) is 0. The molecule has 0 radical (unpaired) electrons. The van der Waals surface area contributed by atoms with E-state index in [2.05, 4.69) is 0 Å². The fraction of sp³-hybridized carbons (Fsp3) is 1.00. The minimum Gasteiger partial charge on any atom is -0.385 e. The van der Waals surface area contributed by atoms with E-state index in [1.807, 2.05) is 0 Å². The zero-order chi connectivity index (χ0) is 11.2. The highest BCUT2D eigenvalue weighted by Gasteiger charge is 2.21. The van der Waals surface area contributed by atoms with Crippen LogP contribution in [0, 0.1) is 0 Å². The van der Waals surface area contributed by atoms with Gasteiger partial charge in [0.05, 0.1) is 5.75 Å². The average molecular weight is 244 g/mol. The van der Waals surface area contributed by atoms with Crippen molar-refractivity contribution in [1.29, 1.82) is 0 Å². The highest BCUT2D eigenvalue weighted by molar-refractivity contribution is 7.89. The number of hydrogen-bond acceptors (Lipinski definition) is 3. The first kappa shape index (κ1) is 14.2. The molecule has 6 heteroatoms. The van der Waals surface area contributed by atoms with Crippen LogP contribution >= 0.6 is 11.6 Å². The quantitative estimate of drug-likeness (QED) is 0.493. The maximum absolute atomic E-state index is 11.6. The van der Waals surface area contributed by atoms with E-state index in [0.29, 0.717) is 18.9 Å². The third kappa shape index (κ3) is 4.59. The van der Waals surface area contributed by atoms with Crippen molar-refractivity contribution in [1.82, 2.24) is 4.31 Å². The van der Waals surface area contributed by atoms with Gasteiger partial charge in [0.1, 0.15) is 0 Å². The predicted molar refractivity (Wildman–Crippen MR) is 58.2 cm³/mol. The molecule has 0 spiro atoms. The number of nitrogens with zero attached hydrogens (tertiary/aromatic N) is 1. The lowest BCUT2D eigenvalue weighted by Crippen LogP contribution is -2.37. The monoisotopic (exact) mass is 243 g/mol. The van der Waals surface area contributed by atoms with E-state index < -0.39 is 10.0 Å². The number of halogens is 1. The minimum atomic E-state index is -3.17. The predicted octanol–water partition coefficient (Wildman–Crippen LogP) is 0.912. The van der Waals surface area contributed by atoms with Crippen LogP contribution in [0.15, 0.2) is 0 Å². The van der Waals surface area contributed by atoms with E-state index in [1.165, 1.54) is 4.31 Å². The van der Waals surface area contributed by atoms with Crippen LogP contribution in [0.4, 0.5) is 0 Å². The Bertz CT molecular complexity index is 243. The van der Waals surface area contributed by atoms with Gasteiger partial charge in [-0.25, -0.2) is 12.7 Å². The molecule has 0 aliphatic heterocycles. The summed E-state index contributed by atoms with van der Waals surface area (Å²) in [7, 11) is -0.0709. The fourth-order valence-electron chi connectivity index (χ4n) is 0.901. The van der Waals surface area contributed by atoms with Gasteiger partial charge in [-0.15, -0.1) is 11.6 Å². The number of sulfonamides is 1. The van der Waals surface area contributed by atoms with E-state index in [-0.39, 0.29) is 11.8 Å². The summed E-state index contributed by atoms with van der Waals surface area (Å²) in [6, 6.07) is -0.163. The van der Waals surface area contributed by atoms with Crippen LogP contribution in [0.5, 0.6) is 0 Å². The topological polar surface area (TPSA) is 46.6 Å². The Balaban J connectivity index is 4.17. The summed E-state index contributed by atoms with van der Waals surface area (Å²) >= 11 is 5.58. The summed E-state index contributed by atoms with van der Waals surface area (Å²) in [5.41, 5.74) is 0. The Labute approximate surface area is 91.2 Å². The Morgan fingerprint density at radius 1 is 1.50 bits per heavy atom. The first-order chi connectivity index (χ1) is 6.45. The third-order valence-corrected chi connectivity index (χ3v) is 4.52. The van der Waals surface area contributed by atoms with Gasteiger partial charge in [-0.05, 0) is 13.3 Å². The molecule has 0 aliphatic rings. The summed E-state index contributed by atoms with van der Waals surface area (Å²) in [6.07, 6.45) is 0.512. The summed E-state index contributed by atoms with van der Waals surface area (Å²) in [5.74, 6) is 0.415. The van der Waals surface area contributed by atoms with Gasteiger partial charge < -0.3 is 4.74 Å². The van der Waals surface area contributed by atoms with Crippen molar-refractivity contribution in [2.75, 3.05) is 32.4 Å². The van der Waals surface area contributed by atoms with Crippen LogP contribution in [0.2, 0.25) is 0 Å². The summed E-state index contributed by atoms with van der Waals surface area (Å²) in [4.78, 5) is 0. The zero-order valence-corrected chi connectivity index (χ0v) is 10.4. The van der Waals surface area contributed by atoms with Crippen molar-refractivity contribution in [2.24, 2.45) is 0 Å². The Morgan fingerprint density at radius 3 is 2.50 bits per heavy atom. The van der Waals surface area contributed by atoms with Gasteiger partial charge in [-0.2, -0.15) is 0 Å². The standard InChI is InChI=1S/C8H18ClNO3S/c1-8(7-9)10(2)14(11,12)6-4-5-13-3/h8H,4-7H2,1-3H3. The van der Waals surface area contributed by atoms with Crippen LogP contribution in [0.3, 0.4) is 0 Å². The summed E-state index contributed by atoms with van der Waals surface area (Å²) in [6.45, 7) is 2.24. The maximum Gasteiger partial charge on any atom is 0.214 e. The Hall–Kier alpha value is 0.160. The first-order valence-electron chi connectivity index (χ1n) is 4.46. The maximum atomic E-state index is 11.6. The molecule has 4 nitrogen and oxygen atoms in total. The SMILES string of the molecule is COCCCS(=O)(=O)N(C)C(C)CCl. The van der Waals surface area contributed by atoms with Crippen molar-refractivity contribution in [3.05, 3.63) is 0 Å². The molecule has 86 valence electrons. The molecule has 0 aliphatic carbocycles. The molecular weight excluding hydrogens is 226 g/mol. The van der Waals surface area contributed by atoms with Crippen molar-refractivity contribution < 1.29 is 13.2 Å². The lowest BCUT2D eigenvalue weighted by Gasteiger charge is -2.22. The van der Waals surface area contributed by atoms with Gasteiger partial charge in [-0.1, -0.05) is 0 Å². The molecule has 0 rings (SSSR count). The number of ether oxygens (including phenoxy) is 1. The second-order valence-electron chi connectivity index (χ2n) is 3.18. The van der Waals surface area contributed by atoms with Gasteiger partial charge >= 0.3 is 0 Å². The molecule has 0 saturated heterocycles. The Kier molecular flexibility index (Phi) is 6.68. The molecule has 0 bridgehead atoms. The fourth-order valence-corrected chi connectivity index (χ4v) is 2.58. The zero-order valence-electron chi connectivity index (χ0n) is 8.86. The molecule has 0 aromatic heterocycles. The van der Waals surface area contributed by atoms with Gasteiger partial charge in [0.15, 0.2) is 0 Å². The highest BCUT2D eigenvalue weighted by Crippen LogP contribution is 2.07. The van der Waals surface area contributed by atoms with Crippen LogP contribution in [0.1, 0.15) is 13.3 Å². The largest absolute Gasteiger partial charge is 0.385 e. The molecule has 0 aromatic rings. The molecule has 0 amide bonds. The van der Waals surface area contributed by atoms with Crippen LogP contribution < -0.4 is 0 Å². The molecule has 0 fully saturated rings. The molecule has 0 aromatic carbocycles. The number of methoxy groups -OCH3 is 1. The smallest absolute Gasteiger partial charge is 0.214 e. The molecule has 0 heterocycles. The third-order valence-electron chi connectivity index (χ3n) is 2.03. The van der Waals surface area contributed by atoms with Crippen molar-refractivity contribution in [3.63, 3.8) is 0 Å². The van der Waals surface area contributed by atoms with E-state index in [4.69, 9.17) is 16.3 Å². The second kappa shape index (κ2) is 6.61. The lowest BCUT2D eigenvalue weighted by molar-refractivity contribution is 0.199. The van der Waals surface area contributed by atoms with E-state index in [9.17, 15) is 8.42 Å². The van der Waals surface area contributed by atoms with Crippen molar-refractivity contribution >= 4 is 21.6 Å². The van der Waals surface area contributed by atoms with E-state index >= 15 is 0 Å². The minimum absolute atomic E-state index is 0.110. The lowest BCUT2D eigenvalue weighted by atomic mass is 10.4. The van der Waals surface area contributed by atoms with E-state index in [0.717, 1.165) is 0 Å². The Morgan fingerprint density at radius 2 is 2.07 bits per heavy atom. The van der Waals surface area contributed by atoms with Gasteiger partial charge in [-0.3, -0.25) is 0 Å². The van der Waals surface area contributed by atoms with Crippen molar-refractivity contribution in [2.45, 2.75) is 19.4 Å². The molecule has 0 N–H and O–H groups in total. The van der Waals surface area contributed by atoms with Gasteiger partial charge in [0.2, 0.25) is 10.0 Å². The number of rotatable bonds is 7. The molecule has 1 atom stereocenters. The molecule has 14 heavy (non-hydrogen) atoms. The first-order valence-corrected chi connectivity index (χ1v) is 6.60. The second-order valence-corrected chi connectivity index (χ2v) is 5.64. The van der Waals surface area contributed by atoms with Crippen molar-refractivity contribution in [3.8, 4) is 0 Å². The van der Waals surface area contributed by atoms with Crippen LogP contribution in [0.25, 0.3) is 0 Å². The number of hydrogen-bond donors (Lipinski definition) is 0. The van der Waals surface area contributed by atoms with E-state index in [1.54, 1.807) is 21.1 Å². The van der Waals surface area contributed by atoms with Gasteiger partial charge in [0.25, 0.3) is 0 Å². The normalized spacial score (nSPS) is 14.6. The van der Waals surface area contributed by atoms with Crippen LogP contribution in [-0.4, -0.2) is 51.2 Å².